The monoisotopic (exact) mass is 336 g/mol. The third kappa shape index (κ3) is 3.23. The number of benzene rings is 1. The maximum absolute atomic E-state index is 14.4. The van der Waals surface area contributed by atoms with E-state index in [-0.39, 0.29) is 18.2 Å². The van der Waals surface area contributed by atoms with Crippen LogP contribution < -0.4 is 5.32 Å². The number of thioether (sulfide) groups is 1. The highest BCUT2D eigenvalue weighted by molar-refractivity contribution is 7.99. The molecular formula is C13H18F2N2O2S2. The zero-order valence-electron chi connectivity index (χ0n) is 11.9. The second kappa shape index (κ2) is 6.60. The van der Waals surface area contributed by atoms with Gasteiger partial charge < -0.3 is 5.32 Å². The summed E-state index contributed by atoms with van der Waals surface area (Å²) in [5, 5.41) is 2.64. The Kier molecular flexibility index (Phi) is 5.24. The molecule has 0 aliphatic carbocycles. The van der Waals surface area contributed by atoms with Gasteiger partial charge in [-0.3, -0.25) is 0 Å². The van der Waals surface area contributed by atoms with E-state index in [1.165, 1.54) is 11.4 Å². The van der Waals surface area contributed by atoms with E-state index < -0.39 is 26.6 Å². The first-order chi connectivity index (χ1) is 9.89. The van der Waals surface area contributed by atoms with Crippen molar-refractivity contribution in [1.82, 2.24) is 9.62 Å². The van der Waals surface area contributed by atoms with Gasteiger partial charge in [0.1, 0.15) is 10.7 Å². The highest BCUT2D eigenvalue weighted by Gasteiger charge is 2.33. The Balaban J connectivity index is 2.42. The van der Waals surface area contributed by atoms with E-state index >= 15 is 0 Å². The normalized spacial score (nSPS) is 19.4. The molecule has 21 heavy (non-hydrogen) atoms. The summed E-state index contributed by atoms with van der Waals surface area (Å²) in [7, 11) is -0.966. The summed E-state index contributed by atoms with van der Waals surface area (Å²) in [6, 6.07) is 1.86. The Bertz CT molecular complexity index is 617. The van der Waals surface area contributed by atoms with Gasteiger partial charge in [-0.25, -0.2) is 17.2 Å². The highest BCUT2D eigenvalue weighted by atomic mass is 32.2. The van der Waals surface area contributed by atoms with Gasteiger partial charge in [0.2, 0.25) is 10.0 Å². The summed E-state index contributed by atoms with van der Waals surface area (Å²) in [5.41, 5.74) is -0.257. The molecule has 2 rings (SSSR count). The Morgan fingerprint density at radius 3 is 2.71 bits per heavy atom. The van der Waals surface area contributed by atoms with Gasteiger partial charge in [0.05, 0.1) is 0 Å². The lowest BCUT2D eigenvalue weighted by Gasteiger charge is -2.23. The number of hydrogen-bond acceptors (Lipinski definition) is 4. The average Bonchev–Trinajstić information content (AvgIpc) is 2.96. The first-order valence-electron chi connectivity index (χ1n) is 6.57. The van der Waals surface area contributed by atoms with E-state index in [1.54, 1.807) is 18.8 Å². The summed E-state index contributed by atoms with van der Waals surface area (Å²) in [5.74, 6) is -0.176. The highest BCUT2D eigenvalue weighted by Crippen LogP contribution is 2.28. The summed E-state index contributed by atoms with van der Waals surface area (Å²) in [6.07, 6.45) is 0.743. The fourth-order valence-corrected chi connectivity index (χ4v) is 5.11. The van der Waals surface area contributed by atoms with Crippen molar-refractivity contribution < 1.29 is 17.2 Å². The minimum atomic E-state index is -3.96. The van der Waals surface area contributed by atoms with Crippen LogP contribution in [0.3, 0.4) is 0 Å². The summed E-state index contributed by atoms with van der Waals surface area (Å²) >= 11 is 1.67. The van der Waals surface area contributed by atoms with Crippen LogP contribution in [0.15, 0.2) is 17.0 Å². The molecule has 1 aliphatic heterocycles. The molecule has 1 aliphatic rings. The van der Waals surface area contributed by atoms with Crippen LogP contribution in [0.2, 0.25) is 0 Å². The van der Waals surface area contributed by atoms with E-state index in [1.807, 2.05) is 0 Å². The van der Waals surface area contributed by atoms with Crippen molar-refractivity contribution in [3.05, 3.63) is 29.3 Å². The van der Waals surface area contributed by atoms with Gasteiger partial charge in [-0.05, 0) is 31.4 Å². The Morgan fingerprint density at radius 2 is 2.14 bits per heavy atom. The van der Waals surface area contributed by atoms with E-state index in [2.05, 4.69) is 5.32 Å². The lowest BCUT2D eigenvalue weighted by atomic mass is 10.2. The second-order valence-corrected chi connectivity index (χ2v) is 8.02. The largest absolute Gasteiger partial charge is 0.315 e. The van der Waals surface area contributed by atoms with Crippen molar-refractivity contribution in [3.63, 3.8) is 0 Å². The van der Waals surface area contributed by atoms with Gasteiger partial charge in [-0.15, -0.1) is 0 Å². The SMILES string of the molecule is CNCc1c(F)ccc(S(=O)(=O)N(C)C2CCSC2)c1F. The molecule has 0 spiro atoms. The van der Waals surface area contributed by atoms with Crippen molar-refractivity contribution >= 4 is 21.8 Å². The molecule has 8 heteroatoms. The van der Waals surface area contributed by atoms with Crippen LogP contribution in [0.5, 0.6) is 0 Å². The molecule has 0 aromatic heterocycles. The number of nitrogens with zero attached hydrogens (tertiary/aromatic N) is 1. The molecular weight excluding hydrogens is 318 g/mol. The maximum Gasteiger partial charge on any atom is 0.246 e. The number of sulfonamides is 1. The minimum absolute atomic E-state index is 0.0655. The molecule has 1 fully saturated rings. The maximum atomic E-state index is 14.4. The van der Waals surface area contributed by atoms with Gasteiger partial charge in [-0.2, -0.15) is 16.1 Å². The zero-order chi connectivity index (χ0) is 15.6. The van der Waals surface area contributed by atoms with Crippen molar-refractivity contribution in [2.45, 2.75) is 23.9 Å². The van der Waals surface area contributed by atoms with Crippen LogP contribution in [0.1, 0.15) is 12.0 Å². The third-order valence-electron chi connectivity index (χ3n) is 3.58. The molecule has 1 atom stereocenters. The van der Waals surface area contributed by atoms with Gasteiger partial charge in [-0.1, -0.05) is 0 Å². The molecule has 4 nitrogen and oxygen atoms in total. The van der Waals surface area contributed by atoms with Crippen molar-refractivity contribution in [1.29, 1.82) is 0 Å². The van der Waals surface area contributed by atoms with Crippen LogP contribution in [-0.4, -0.2) is 44.4 Å². The molecule has 1 N–H and O–H groups in total. The zero-order valence-corrected chi connectivity index (χ0v) is 13.5. The van der Waals surface area contributed by atoms with E-state index in [0.717, 1.165) is 24.3 Å². The fraction of sp³-hybridized carbons (Fsp3) is 0.538. The van der Waals surface area contributed by atoms with Crippen molar-refractivity contribution in [2.24, 2.45) is 0 Å². The third-order valence-corrected chi connectivity index (χ3v) is 6.65. The number of nitrogens with one attached hydrogen (secondary N) is 1. The number of halogens is 2. The summed E-state index contributed by atoms with van der Waals surface area (Å²) < 4.78 is 54.3. The second-order valence-electron chi connectivity index (χ2n) is 4.91. The first kappa shape index (κ1) is 16.7. The van der Waals surface area contributed by atoms with E-state index in [0.29, 0.717) is 5.75 Å². The Morgan fingerprint density at radius 1 is 1.43 bits per heavy atom. The van der Waals surface area contributed by atoms with Crippen LogP contribution in [0.25, 0.3) is 0 Å². The first-order valence-corrected chi connectivity index (χ1v) is 9.16. The Hall–Kier alpha value is -0.700. The topological polar surface area (TPSA) is 49.4 Å². The molecule has 1 saturated heterocycles. The molecule has 1 heterocycles. The van der Waals surface area contributed by atoms with E-state index in [9.17, 15) is 17.2 Å². The molecule has 1 unspecified atom stereocenters. The lowest BCUT2D eigenvalue weighted by molar-refractivity contribution is 0.391. The van der Waals surface area contributed by atoms with Gasteiger partial charge in [0.25, 0.3) is 0 Å². The quantitative estimate of drug-likeness (QED) is 0.891. The molecule has 118 valence electrons. The predicted octanol–water partition coefficient (Wildman–Crippen LogP) is 1.81. The van der Waals surface area contributed by atoms with Crippen molar-refractivity contribution in [2.75, 3.05) is 25.6 Å². The van der Waals surface area contributed by atoms with Crippen LogP contribution >= 0.6 is 11.8 Å². The molecule has 1 aromatic carbocycles. The number of hydrogen-bond donors (Lipinski definition) is 1. The lowest BCUT2D eigenvalue weighted by Crippen LogP contribution is -2.37. The standard InChI is InChI=1S/C13H18F2N2O2S2/c1-16-7-10-11(14)3-4-12(13(10)15)21(18,19)17(2)9-5-6-20-8-9/h3-4,9,16H,5-8H2,1-2H3. The number of rotatable bonds is 5. The minimum Gasteiger partial charge on any atom is -0.315 e. The Labute approximate surface area is 128 Å². The van der Waals surface area contributed by atoms with E-state index in [4.69, 9.17) is 0 Å². The van der Waals surface area contributed by atoms with Crippen LogP contribution in [0, 0.1) is 11.6 Å². The molecule has 0 amide bonds. The molecule has 0 saturated carbocycles. The summed E-state index contributed by atoms with van der Waals surface area (Å²) in [4.78, 5) is -0.464. The predicted molar refractivity (Wildman–Crippen MR) is 79.8 cm³/mol. The van der Waals surface area contributed by atoms with Crippen LogP contribution in [0.4, 0.5) is 8.78 Å². The molecule has 1 aromatic rings. The average molecular weight is 336 g/mol. The molecule has 0 bridgehead atoms. The van der Waals surface area contributed by atoms with Gasteiger partial charge in [0.15, 0.2) is 5.82 Å². The molecule has 0 radical (unpaired) electrons. The van der Waals surface area contributed by atoms with Gasteiger partial charge >= 0.3 is 0 Å². The summed E-state index contributed by atoms with van der Waals surface area (Å²) in [6.45, 7) is -0.0655. The smallest absolute Gasteiger partial charge is 0.246 e. The van der Waals surface area contributed by atoms with Crippen molar-refractivity contribution in [3.8, 4) is 0 Å². The fourth-order valence-electron chi connectivity index (χ4n) is 2.27. The van der Waals surface area contributed by atoms with Crippen LogP contribution in [-0.2, 0) is 16.6 Å². The van der Waals surface area contributed by atoms with Gasteiger partial charge in [0, 0.05) is 31.0 Å².